The first-order valence-corrected chi connectivity index (χ1v) is 12.8. The molecule has 5 heterocycles. The first-order valence-electron chi connectivity index (χ1n) is 12.8. The minimum Gasteiger partial charge on any atom is -0.339 e. The Kier molecular flexibility index (Phi) is 5.81. The lowest BCUT2D eigenvalue weighted by Gasteiger charge is -2.35. The summed E-state index contributed by atoms with van der Waals surface area (Å²) in [4.78, 5) is 40.9. The quantitative estimate of drug-likeness (QED) is 0.487. The second-order valence-corrected chi connectivity index (χ2v) is 10.0. The predicted octanol–water partition coefficient (Wildman–Crippen LogP) is 3.52. The third kappa shape index (κ3) is 4.10. The highest BCUT2D eigenvalue weighted by molar-refractivity contribution is 6.05. The Morgan fingerprint density at radius 2 is 2.03 bits per heavy atom. The third-order valence-electron chi connectivity index (χ3n) is 7.81. The number of aromatic nitrogens is 1. The average Bonchev–Trinajstić information content (AvgIpc) is 3.45. The van der Waals surface area contributed by atoms with Gasteiger partial charge < -0.3 is 10.2 Å². The lowest BCUT2D eigenvalue weighted by molar-refractivity contribution is -0.750. The number of pyridine rings is 1. The molecule has 3 atom stereocenters. The second-order valence-electron chi connectivity index (χ2n) is 10.0. The Hall–Kier alpha value is -3.95. The number of hydrogen-bond acceptors (Lipinski definition) is 6. The van der Waals surface area contributed by atoms with Crippen molar-refractivity contribution in [3.05, 3.63) is 83.1 Å². The van der Waals surface area contributed by atoms with Crippen molar-refractivity contribution in [2.24, 2.45) is 21.7 Å². The number of piperidine rings is 1. The molecule has 188 valence electrons. The van der Waals surface area contributed by atoms with Crippen molar-refractivity contribution in [2.75, 3.05) is 11.9 Å². The number of rotatable bonds is 5. The topological polar surface area (TPSA) is 113 Å². The number of nitrogens with two attached hydrogens (primary N) is 1. The predicted molar refractivity (Wildman–Crippen MR) is 141 cm³/mol. The second kappa shape index (κ2) is 9.17. The highest BCUT2D eigenvalue weighted by Gasteiger charge is 2.47. The molecule has 9 nitrogen and oxygen atoms in total. The number of hydrogen-bond donors (Lipinski definition) is 2. The Bertz CT molecular complexity index is 1390. The van der Waals surface area contributed by atoms with E-state index in [2.05, 4.69) is 22.2 Å². The van der Waals surface area contributed by atoms with Crippen LogP contribution in [0.15, 0.2) is 76.4 Å². The van der Waals surface area contributed by atoms with E-state index in [1.54, 1.807) is 30.7 Å². The molecule has 1 aromatic heterocycles. The highest BCUT2D eigenvalue weighted by atomic mass is 16.2. The zero-order chi connectivity index (χ0) is 25.6. The van der Waals surface area contributed by atoms with Gasteiger partial charge in [0.25, 0.3) is 11.7 Å². The molecule has 4 aliphatic rings. The molecule has 6 rings (SSSR count). The van der Waals surface area contributed by atoms with Crippen LogP contribution in [0.4, 0.5) is 5.82 Å². The van der Waals surface area contributed by atoms with Crippen LogP contribution < -0.4 is 11.2 Å². The fraction of sp³-hybridized carbons (Fsp3) is 0.321. The molecule has 2 aromatic rings. The lowest BCUT2D eigenvalue weighted by atomic mass is 9.90. The first kappa shape index (κ1) is 23.4. The smallest absolute Gasteiger partial charge is 0.264 e. The van der Waals surface area contributed by atoms with E-state index in [0.29, 0.717) is 36.2 Å². The van der Waals surface area contributed by atoms with Crippen LogP contribution in [0.25, 0.3) is 0 Å². The summed E-state index contributed by atoms with van der Waals surface area (Å²) < 4.78 is -0.0774. The molecule has 9 heteroatoms. The Balaban J connectivity index is 1.26. The molecule has 2 saturated heterocycles. The van der Waals surface area contributed by atoms with Gasteiger partial charge in [-0.1, -0.05) is 6.92 Å². The van der Waals surface area contributed by atoms with E-state index in [4.69, 9.17) is 10.8 Å². The SMILES string of the molecule is CCc1ccnc(NC(=O)c2ccc(C3=NC([C@@H]4CC[C@H]5CCC(=O)N5C4)=C4C=NC=C[N+]34N)cc2)c1. The number of aryl methyl sites for hydroxylation is 1. The Morgan fingerprint density at radius 3 is 2.84 bits per heavy atom. The van der Waals surface area contributed by atoms with Crippen molar-refractivity contribution in [2.45, 2.75) is 45.1 Å². The maximum Gasteiger partial charge on any atom is 0.264 e. The van der Waals surface area contributed by atoms with E-state index in [0.717, 1.165) is 48.2 Å². The summed E-state index contributed by atoms with van der Waals surface area (Å²) >= 11 is 0. The van der Waals surface area contributed by atoms with Crippen LogP contribution in [-0.4, -0.2) is 50.9 Å². The number of aliphatic imine (C=N–C) groups is 2. The molecule has 3 N–H and O–H groups in total. The number of amidine groups is 1. The number of amides is 2. The average molecular weight is 497 g/mol. The van der Waals surface area contributed by atoms with Gasteiger partial charge in [0.15, 0.2) is 0 Å². The van der Waals surface area contributed by atoms with Crippen molar-refractivity contribution in [3.63, 3.8) is 0 Å². The monoisotopic (exact) mass is 496 g/mol. The van der Waals surface area contributed by atoms with Crippen LogP contribution in [0.1, 0.15) is 54.1 Å². The maximum absolute atomic E-state index is 12.8. The van der Waals surface area contributed by atoms with Crippen molar-refractivity contribution < 1.29 is 14.2 Å². The number of anilines is 1. The van der Waals surface area contributed by atoms with Gasteiger partial charge in [-0.25, -0.2) is 4.98 Å². The number of nitrogens with zero attached hydrogens (tertiary/aromatic N) is 5. The van der Waals surface area contributed by atoms with E-state index in [1.165, 1.54) is 0 Å². The Labute approximate surface area is 215 Å². The molecular weight excluding hydrogens is 466 g/mol. The number of allylic oxidation sites excluding steroid dienone is 1. The summed E-state index contributed by atoms with van der Waals surface area (Å²) in [5, 5.41) is 2.87. The van der Waals surface area contributed by atoms with Crippen molar-refractivity contribution in [1.29, 1.82) is 0 Å². The van der Waals surface area contributed by atoms with E-state index >= 15 is 0 Å². The summed E-state index contributed by atoms with van der Waals surface area (Å²) in [7, 11) is 0. The summed E-state index contributed by atoms with van der Waals surface area (Å²) in [6.45, 7) is 2.73. The maximum atomic E-state index is 12.8. The summed E-state index contributed by atoms with van der Waals surface area (Å²) in [6, 6.07) is 11.5. The van der Waals surface area contributed by atoms with Crippen molar-refractivity contribution in [1.82, 2.24) is 9.88 Å². The zero-order valence-electron chi connectivity index (χ0n) is 20.8. The van der Waals surface area contributed by atoms with Crippen molar-refractivity contribution >= 4 is 29.7 Å². The van der Waals surface area contributed by atoms with Gasteiger partial charge in [-0.3, -0.25) is 14.6 Å². The minimum atomic E-state index is -0.228. The van der Waals surface area contributed by atoms with Gasteiger partial charge in [0.1, 0.15) is 17.7 Å². The number of carbonyl (C=O) groups excluding carboxylic acids is 2. The molecule has 37 heavy (non-hydrogen) atoms. The molecule has 1 aromatic carbocycles. The van der Waals surface area contributed by atoms with Crippen LogP contribution in [-0.2, 0) is 11.2 Å². The van der Waals surface area contributed by atoms with Gasteiger partial charge in [-0.15, -0.1) is 4.59 Å². The standard InChI is InChI=1S/C28H29N7O2/c1-2-18-11-12-31-24(15-18)32-28(37)20-5-3-19(4-6-20)27-33-26(23-16-30-13-14-35(23,27)29)21-7-8-22-9-10-25(36)34(22)17-21/h3-6,11-16,21-22H,2,7-10,17,29H2,1H3/p+1/t21-,22+,35?/m1/s1. The molecule has 0 aliphatic carbocycles. The normalized spacial score (nSPS) is 26.3. The van der Waals surface area contributed by atoms with E-state index < -0.39 is 0 Å². The molecule has 2 fully saturated rings. The fourth-order valence-corrected chi connectivity index (χ4v) is 5.72. The largest absolute Gasteiger partial charge is 0.339 e. The van der Waals surface area contributed by atoms with Crippen molar-refractivity contribution in [3.8, 4) is 0 Å². The van der Waals surface area contributed by atoms with Crippen LogP contribution in [0, 0.1) is 5.92 Å². The van der Waals surface area contributed by atoms with Gasteiger partial charge in [0.2, 0.25) is 11.6 Å². The van der Waals surface area contributed by atoms with Gasteiger partial charge in [-0.05, 0) is 67.6 Å². The summed E-state index contributed by atoms with van der Waals surface area (Å²) in [5.74, 6) is 8.22. The van der Waals surface area contributed by atoms with Crippen LogP contribution >= 0.6 is 0 Å². The molecule has 0 radical (unpaired) electrons. The minimum absolute atomic E-state index is 0.0774. The fourth-order valence-electron chi connectivity index (χ4n) is 5.72. The molecular formula is C28H30N7O2+. The number of fused-ring (bicyclic) bond motifs is 2. The van der Waals surface area contributed by atoms with E-state index in [-0.39, 0.29) is 22.3 Å². The van der Waals surface area contributed by atoms with Crippen LogP contribution in [0.5, 0.6) is 0 Å². The molecule has 0 saturated carbocycles. The zero-order valence-corrected chi connectivity index (χ0v) is 20.8. The number of carbonyl (C=O) groups is 2. The number of quaternary nitrogens is 1. The summed E-state index contributed by atoms with van der Waals surface area (Å²) in [6.07, 6.45) is 11.4. The Morgan fingerprint density at radius 1 is 1.19 bits per heavy atom. The molecule has 4 aliphatic heterocycles. The van der Waals surface area contributed by atoms with Gasteiger partial charge in [-0.2, -0.15) is 10.8 Å². The molecule has 0 spiro atoms. The van der Waals surface area contributed by atoms with Gasteiger partial charge >= 0.3 is 0 Å². The molecule has 0 bridgehead atoms. The first-order chi connectivity index (χ1) is 18.0. The molecule has 1 unspecified atom stereocenters. The van der Waals surface area contributed by atoms with Gasteiger partial charge in [0.05, 0.1) is 18.0 Å². The van der Waals surface area contributed by atoms with Crippen LogP contribution in [0.3, 0.4) is 0 Å². The van der Waals surface area contributed by atoms with Gasteiger partial charge in [0, 0.05) is 36.7 Å². The number of benzene rings is 1. The lowest BCUT2D eigenvalue weighted by Crippen LogP contribution is -2.53. The highest BCUT2D eigenvalue weighted by Crippen LogP contribution is 2.40. The number of nitrogens with one attached hydrogen (secondary N) is 1. The van der Waals surface area contributed by atoms with E-state index in [1.807, 2.05) is 35.4 Å². The van der Waals surface area contributed by atoms with Crippen LogP contribution in [0.2, 0.25) is 0 Å². The summed E-state index contributed by atoms with van der Waals surface area (Å²) in [5.41, 5.74) is 4.17. The third-order valence-corrected chi connectivity index (χ3v) is 7.81. The van der Waals surface area contributed by atoms with E-state index in [9.17, 15) is 9.59 Å². The molecule has 2 amide bonds.